The van der Waals surface area contributed by atoms with Crippen molar-refractivity contribution in [2.75, 3.05) is 10.6 Å². The minimum Gasteiger partial charge on any atom is -0.481 e. The molecule has 7 nitrogen and oxygen atoms in total. The fraction of sp³-hybridized carbons (Fsp3) is 0.250. The van der Waals surface area contributed by atoms with E-state index in [1.54, 1.807) is 50.2 Å². The molecule has 7 heteroatoms. The van der Waals surface area contributed by atoms with Crippen LogP contribution in [-0.2, 0) is 4.79 Å². The van der Waals surface area contributed by atoms with E-state index in [-0.39, 0.29) is 12.3 Å². The van der Waals surface area contributed by atoms with Crippen molar-refractivity contribution in [2.24, 2.45) is 0 Å². The van der Waals surface area contributed by atoms with Gasteiger partial charge in [-0.3, -0.25) is 9.59 Å². The van der Waals surface area contributed by atoms with Crippen molar-refractivity contribution in [3.8, 4) is 0 Å². The number of amides is 3. The zero-order valence-corrected chi connectivity index (χ0v) is 15.3. The number of anilines is 2. The average molecular weight is 369 g/mol. The van der Waals surface area contributed by atoms with E-state index in [9.17, 15) is 14.4 Å². The fourth-order valence-electron chi connectivity index (χ4n) is 2.38. The van der Waals surface area contributed by atoms with Gasteiger partial charge in [0.25, 0.3) is 5.91 Å². The molecule has 27 heavy (non-hydrogen) atoms. The summed E-state index contributed by atoms with van der Waals surface area (Å²) in [7, 11) is 0. The van der Waals surface area contributed by atoms with Gasteiger partial charge in [0.15, 0.2) is 0 Å². The van der Waals surface area contributed by atoms with Gasteiger partial charge in [0.2, 0.25) is 0 Å². The average Bonchev–Trinajstić information content (AvgIpc) is 2.61. The highest BCUT2D eigenvalue weighted by Crippen LogP contribution is 2.14. The van der Waals surface area contributed by atoms with Crippen LogP contribution in [0.25, 0.3) is 0 Å². The van der Waals surface area contributed by atoms with Crippen molar-refractivity contribution in [3.63, 3.8) is 0 Å². The second-order valence-corrected chi connectivity index (χ2v) is 6.75. The molecule has 0 saturated heterocycles. The van der Waals surface area contributed by atoms with Crippen molar-refractivity contribution in [2.45, 2.75) is 32.2 Å². The van der Waals surface area contributed by atoms with Crippen molar-refractivity contribution >= 4 is 29.3 Å². The number of hydrogen-bond acceptors (Lipinski definition) is 3. The molecule has 0 radical (unpaired) electrons. The van der Waals surface area contributed by atoms with Gasteiger partial charge in [0.05, 0.1) is 0 Å². The number of rotatable bonds is 7. The van der Waals surface area contributed by atoms with Crippen LogP contribution in [0.15, 0.2) is 54.6 Å². The predicted molar refractivity (Wildman–Crippen MR) is 104 cm³/mol. The molecule has 0 unspecified atom stereocenters. The van der Waals surface area contributed by atoms with Crippen molar-refractivity contribution in [1.82, 2.24) is 5.32 Å². The second kappa shape index (κ2) is 8.84. The summed E-state index contributed by atoms with van der Waals surface area (Å²) in [5.74, 6) is -1.15. The van der Waals surface area contributed by atoms with Gasteiger partial charge in [-0.2, -0.15) is 0 Å². The summed E-state index contributed by atoms with van der Waals surface area (Å²) >= 11 is 0. The van der Waals surface area contributed by atoms with Crippen LogP contribution >= 0.6 is 0 Å². The molecular formula is C20H23N3O4. The highest BCUT2D eigenvalue weighted by atomic mass is 16.4. The second-order valence-electron chi connectivity index (χ2n) is 6.75. The van der Waals surface area contributed by atoms with Crippen LogP contribution < -0.4 is 16.0 Å². The van der Waals surface area contributed by atoms with E-state index in [1.807, 2.05) is 18.2 Å². The zero-order chi connectivity index (χ0) is 19.9. The third-order valence-corrected chi connectivity index (χ3v) is 3.85. The maximum Gasteiger partial charge on any atom is 0.319 e. The van der Waals surface area contributed by atoms with Crippen LogP contribution in [0.1, 0.15) is 37.0 Å². The monoisotopic (exact) mass is 369 g/mol. The summed E-state index contributed by atoms with van der Waals surface area (Å²) in [6.45, 7) is 3.51. The minimum absolute atomic E-state index is 0.0293. The number of aliphatic carboxylic acids is 1. The molecular weight excluding hydrogens is 346 g/mol. The van der Waals surface area contributed by atoms with E-state index in [1.165, 1.54) is 0 Å². The largest absolute Gasteiger partial charge is 0.481 e. The third kappa shape index (κ3) is 6.81. The highest BCUT2D eigenvalue weighted by molar-refractivity contribution is 6.04. The first-order valence-electron chi connectivity index (χ1n) is 8.53. The van der Waals surface area contributed by atoms with Gasteiger partial charge >= 0.3 is 12.0 Å². The van der Waals surface area contributed by atoms with E-state index in [2.05, 4.69) is 16.0 Å². The molecule has 0 aliphatic rings. The number of nitrogens with one attached hydrogen (secondary N) is 3. The molecule has 3 amide bonds. The highest BCUT2D eigenvalue weighted by Gasteiger charge is 2.21. The third-order valence-electron chi connectivity index (χ3n) is 3.85. The summed E-state index contributed by atoms with van der Waals surface area (Å²) in [5, 5.41) is 16.9. The van der Waals surface area contributed by atoms with Gasteiger partial charge in [0.1, 0.15) is 0 Å². The van der Waals surface area contributed by atoms with E-state index < -0.39 is 17.5 Å². The molecule has 0 fully saturated rings. The molecule has 0 saturated carbocycles. The zero-order valence-electron chi connectivity index (χ0n) is 15.3. The van der Waals surface area contributed by atoms with E-state index in [0.717, 1.165) is 0 Å². The maximum atomic E-state index is 12.2. The van der Waals surface area contributed by atoms with E-state index in [0.29, 0.717) is 23.4 Å². The summed E-state index contributed by atoms with van der Waals surface area (Å²) in [6.07, 6.45) is 0.285. The molecule has 0 aliphatic carbocycles. The van der Waals surface area contributed by atoms with Crippen LogP contribution in [-0.4, -0.2) is 28.6 Å². The molecule has 0 spiro atoms. The number of para-hydroxylation sites is 1. The summed E-state index contributed by atoms with van der Waals surface area (Å²) in [6, 6.07) is 15.2. The number of urea groups is 1. The quantitative estimate of drug-likeness (QED) is 0.597. The Hall–Kier alpha value is -3.35. The Morgan fingerprint density at radius 2 is 1.48 bits per heavy atom. The molecule has 0 bridgehead atoms. The molecule has 142 valence electrons. The first-order chi connectivity index (χ1) is 12.7. The Morgan fingerprint density at radius 1 is 0.889 bits per heavy atom. The number of carboxylic acids is 1. The number of carboxylic acid groups (broad SMARTS) is 1. The maximum absolute atomic E-state index is 12.2. The lowest BCUT2D eigenvalue weighted by Crippen LogP contribution is -2.45. The number of benzene rings is 2. The van der Waals surface area contributed by atoms with Crippen LogP contribution in [0.2, 0.25) is 0 Å². The van der Waals surface area contributed by atoms with Gasteiger partial charge in [-0.15, -0.1) is 0 Å². The Labute approximate surface area is 157 Å². The Bertz CT molecular complexity index is 802. The van der Waals surface area contributed by atoms with Crippen LogP contribution in [0.3, 0.4) is 0 Å². The minimum atomic E-state index is -0.908. The van der Waals surface area contributed by atoms with Crippen molar-refractivity contribution in [1.29, 1.82) is 0 Å². The van der Waals surface area contributed by atoms with E-state index in [4.69, 9.17) is 5.11 Å². The first kappa shape index (κ1) is 20.0. The first-order valence-corrected chi connectivity index (χ1v) is 8.53. The smallest absolute Gasteiger partial charge is 0.319 e. The molecule has 0 atom stereocenters. The predicted octanol–water partition coefficient (Wildman–Crippen LogP) is 3.70. The lowest BCUT2D eigenvalue weighted by Gasteiger charge is -2.25. The number of carbonyl (C=O) groups is 3. The van der Waals surface area contributed by atoms with Gasteiger partial charge in [-0.25, -0.2) is 4.79 Å². The molecule has 0 aliphatic heterocycles. The van der Waals surface area contributed by atoms with E-state index >= 15 is 0 Å². The fourth-order valence-corrected chi connectivity index (χ4v) is 2.38. The van der Waals surface area contributed by atoms with Crippen LogP contribution in [0.4, 0.5) is 16.2 Å². The van der Waals surface area contributed by atoms with Gasteiger partial charge in [0, 0.05) is 28.9 Å². The molecule has 2 aromatic carbocycles. The Morgan fingerprint density at radius 3 is 2.07 bits per heavy atom. The molecule has 2 rings (SSSR count). The molecule has 2 aromatic rings. The standard InChI is InChI=1S/C20H23N3O4/c1-20(2,13-12-17(24)25)23-19(27)22-16-10-8-14(9-11-16)18(26)21-15-6-4-3-5-7-15/h3-11H,12-13H2,1-2H3,(H,21,26)(H,24,25)(H2,22,23,27). The van der Waals surface area contributed by atoms with Crippen LogP contribution in [0, 0.1) is 0 Å². The summed E-state index contributed by atoms with van der Waals surface area (Å²) in [4.78, 5) is 35.0. The van der Waals surface area contributed by atoms with Crippen molar-refractivity contribution < 1.29 is 19.5 Å². The summed E-state index contributed by atoms with van der Waals surface area (Å²) < 4.78 is 0. The SMILES string of the molecule is CC(C)(CCC(=O)O)NC(=O)Nc1ccc(C(=O)Nc2ccccc2)cc1. The number of hydrogen-bond donors (Lipinski definition) is 4. The Kier molecular flexibility index (Phi) is 6.54. The van der Waals surface area contributed by atoms with Crippen LogP contribution in [0.5, 0.6) is 0 Å². The lowest BCUT2D eigenvalue weighted by molar-refractivity contribution is -0.137. The van der Waals surface area contributed by atoms with Gasteiger partial charge < -0.3 is 21.1 Å². The Balaban J connectivity index is 1.90. The molecule has 0 heterocycles. The number of carbonyl (C=O) groups excluding carboxylic acids is 2. The topological polar surface area (TPSA) is 108 Å². The normalized spacial score (nSPS) is 10.7. The van der Waals surface area contributed by atoms with Gasteiger partial charge in [-0.1, -0.05) is 18.2 Å². The molecule has 4 N–H and O–H groups in total. The molecule has 0 aromatic heterocycles. The summed E-state index contributed by atoms with van der Waals surface area (Å²) in [5.41, 5.74) is 1.04. The van der Waals surface area contributed by atoms with Crippen molar-refractivity contribution in [3.05, 3.63) is 60.2 Å². The lowest BCUT2D eigenvalue weighted by atomic mass is 9.99. The van der Waals surface area contributed by atoms with Gasteiger partial charge in [-0.05, 0) is 56.7 Å².